The first-order valence-electron chi connectivity index (χ1n) is 10.1. The highest BCUT2D eigenvalue weighted by Gasteiger charge is 2.57. The molecule has 2 atom stereocenters. The molecule has 1 N–H and O–H groups in total. The third kappa shape index (κ3) is 3.17. The van der Waals surface area contributed by atoms with Crippen molar-refractivity contribution in [2.45, 2.75) is 12.3 Å². The van der Waals surface area contributed by atoms with Crippen LogP contribution in [-0.2, 0) is 5.41 Å². The van der Waals surface area contributed by atoms with E-state index >= 15 is 0 Å². The summed E-state index contributed by atoms with van der Waals surface area (Å²) in [5, 5.41) is 7.26. The number of nitrogens with zero attached hydrogens (tertiary/aromatic N) is 5. The van der Waals surface area contributed by atoms with Crippen LogP contribution in [0.4, 0.5) is 4.39 Å². The van der Waals surface area contributed by atoms with Crippen molar-refractivity contribution in [1.29, 1.82) is 0 Å². The minimum Gasteiger partial charge on any atom is -0.337 e. The monoisotopic (exact) mass is 420 g/mol. The van der Waals surface area contributed by atoms with Gasteiger partial charge in [0.05, 0.1) is 17.2 Å². The Morgan fingerprint density at radius 3 is 2.45 bits per heavy atom. The number of aryl methyl sites for hydroxylation is 1. The molecule has 0 bridgehead atoms. The summed E-state index contributed by atoms with van der Waals surface area (Å²) in [5.41, 5.74) is 0.0121. The second-order valence-electron chi connectivity index (χ2n) is 8.19. The molecule has 31 heavy (non-hydrogen) atoms. The van der Waals surface area contributed by atoms with Crippen molar-refractivity contribution >= 4 is 11.8 Å². The minimum absolute atomic E-state index is 0.00601. The van der Waals surface area contributed by atoms with Crippen LogP contribution >= 0.6 is 0 Å². The molecule has 8 nitrogen and oxygen atoms in total. The molecule has 2 aliphatic heterocycles. The van der Waals surface area contributed by atoms with Gasteiger partial charge in [-0.3, -0.25) is 19.7 Å². The summed E-state index contributed by atoms with van der Waals surface area (Å²) in [5.74, 6) is 0.115. The van der Waals surface area contributed by atoms with Gasteiger partial charge in [-0.1, -0.05) is 18.2 Å². The predicted molar refractivity (Wildman–Crippen MR) is 109 cm³/mol. The fraction of sp³-hybridized carbons (Fsp3) is 0.318. The lowest BCUT2D eigenvalue weighted by Crippen LogP contribution is -2.42. The largest absolute Gasteiger partial charge is 0.337 e. The van der Waals surface area contributed by atoms with Gasteiger partial charge in [0.1, 0.15) is 5.82 Å². The standard InChI is InChI=1S/C22H21FN6O2/c1-14-25-21(27-26-14)22-12-28(19(30)15-5-3-2-4-6-15)10-16(22)11-29(13-22)20(31)17-7-8-24-9-18(17)23/h2-9,16H,10-13H2,1H3,(H,25,26,27)/t16-,22-/m0/s1. The molecule has 5 rings (SSSR count). The van der Waals surface area contributed by atoms with Gasteiger partial charge >= 0.3 is 0 Å². The van der Waals surface area contributed by atoms with E-state index in [1.807, 2.05) is 25.1 Å². The van der Waals surface area contributed by atoms with Crippen molar-refractivity contribution < 1.29 is 14.0 Å². The van der Waals surface area contributed by atoms with Gasteiger partial charge in [0, 0.05) is 43.9 Å². The zero-order valence-electron chi connectivity index (χ0n) is 17.0. The quantitative estimate of drug-likeness (QED) is 0.697. The molecule has 3 aromatic rings. The van der Waals surface area contributed by atoms with E-state index in [0.717, 1.165) is 6.20 Å². The van der Waals surface area contributed by atoms with Gasteiger partial charge in [0.2, 0.25) is 0 Å². The molecule has 2 aliphatic rings. The summed E-state index contributed by atoms with van der Waals surface area (Å²) < 4.78 is 14.2. The van der Waals surface area contributed by atoms with Crippen LogP contribution in [0.2, 0.25) is 0 Å². The highest BCUT2D eigenvalue weighted by Crippen LogP contribution is 2.44. The van der Waals surface area contributed by atoms with Crippen LogP contribution in [0, 0.1) is 18.7 Å². The second kappa shape index (κ2) is 7.26. The van der Waals surface area contributed by atoms with E-state index < -0.39 is 11.2 Å². The number of rotatable bonds is 3. The van der Waals surface area contributed by atoms with Gasteiger partial charge in [-0.2, -0.15) is 5.10 Å². The zero-order chi connectivity index (χ0) is 21.6. The Morgan fingerprint density at radius 2 is 1.81 bits per heavy atom. The number of aromatic nitrogens is 4. The van der Waals surface area contributed by atoms with Crippen molar-refractivity contribution in [2.24, 2.45) is 5.92 Å². The van der Waals surface area contributed by atoms with E-state index in [9.17, 15) is 14.0 Å². The minimum atomic E-state index is -0.645. The molecule has 1 aromatic carbocycles. The molecule has 0 radical (unpaired) electrons. The van der Waals surface area contributed by atoms with Gasteiger partial charge < -0.3 is 9.80 Å². The molecular formula is C22H21FN6O2. The van der Waals surface area contributed by atoms with E-state index in [1.54, 1.807) is 21.9 Å². The third-order valence-electron chi connectivity index (χ3n) is 6.25. The first kappa shape index (κ1) is 19.3. The van der Waals surface area contributed by atoms with Crippen LogP contribution in [0.15, 0.2) is 48.8 Å². The molecule has 0 aliphatic carbocycles. The lowest BCUT2D eigenvalue weighted by molar-refractivity contribution is 0.0729. The average molecular weight is 420 g/mol. The van der Waals surface area contributed by atoms with Crippen molar-refractivity contribution in [1.82, 2.24) is 30.0 Å². The molecular weight excluding hydrogens is 399 g/mol. The molecule has 2 saturated heterocycles. The first-order valence-corrected chi connectivity index (χ1v) is 10.1. The van der Waals surface area contributed by atoms with Crippen LogP contribution < -0.4 is 0 Å². The number of halogens is 1. The molecule has 9 heteroatoms. The smallest absolute Gasteiger partial charge is 0.256 e. The Labute approximate surface area is 178 Å². The predicted octanol–water partition coefficient (Wildman–Crippen LogP) is 1.81. The van der Waals surface area contributed by atoms with Crippen LogP contribution in [0.3, 0.4) is 0 Å². The zero-order valence-corrected chi connectivity index (χ0v) is 17.0. The highest BCUT2D eigenvalue weighted by atomic mass is 19.1. The third-order valence-corrected chi connectivity index (χ3v) is 6.25. The molecule has 0 spiro atoms. The van der Waals surface area contributed by atoms with Crippen LogP contribution in [-0.4, -0.2) is 68.0 Å². The summed E-state index contributed by atoms with van der Waals surface area (Å²) in [6.45, 7) is 3.39. The normalized spacial score (nSPS) is 22.6. The van der Waals surface area contributed by atoms with Gasteiger partial charge in [-0.05, 0) is 25.1 Å². The van der Waals surface area contributed by atoms with Crippen molar-refractivity contribution in [3.63, 3.8) is 0 Å². The SMILES string of the molecule is Cc1nc([C@]23CN(C(=O)c4ccccc4)C[C@H]2CN(C(=O)c2ccncc2F)C3)n[nH]1. The number of fused-ring (bicyclic) bond motifs is 1. The number of hydrogen-bond acceptors (Lipinski definition) is 5. The van der Waals surface area contributed by atoms with Crippen LogP contribution in [0.25, 0.3) is 0 Å². The maximum atomic E-state index is 14.2. The Morgan fingerprint density at radius 1 is 1.10 bits per heavy atom. The number of carbonyl (C=O) groups is 2. The lowest BCUT2D eigenvalue weighted by Gasteiger charge is -2.27. The topological polar surface area (TPSA) is 95.1 Å². The number of carbonyl (C=O) groups excluding carboxylic acids is 2. The molecule has 0 saturated carbocycles. The van der Waals surface area contributed by atoms with Crippen molar-refractivity contribution in [3.8, 4) is 0 Å². The number of amides is 2. The van der Waals surface area contributed by atoms with Crippen molar-refractivity contribution in [2.75, 3.05) is 26.2 Å². The molecule has 2 fully saturated rings. The van der Waals surface area contributed by atoms with Crippen molar-refractivity contribution in [3.05, 3.63) is 77.4 Å². The Bertz CT molecular complexity index is 1150. The fourth-order valence-electron chi connectivity index (χ4n) is 4.74. The summed E-state index contributed by atoms with van der Waals surface area (Å²) in [4.78, 5) is 37.8. The van der Waals surface area contributed by atoms with Crippen LogP contribution in [0.5, 0.6) is 0 Å². The van der Waals surface area contributed by atoms with E-state index in [1.165, 1.54) is 12.3 Å². The molecule has 0 unspecified atom stereocenters. The number of aromatic amines is 1. The molecule has 2 aromatic heterocycles. The van der Waals surface area contributed by atoms with E-state index in [-0.39, 0.29) is 23.3 Å². The summed E-state index contributed by atoms with van der Waals surface area (Å²) in [7, 11) is 0. The Hall–Kier alpha value is -3.62. The van der Waals surface area contributed by atoms with E-state index in [4.69, 9.17) is 0 Å². The van der Waals surface area contributed by atoms with E-state index in [0.29, 0.717) is 43.4 Å². The maximum absolute atomic E-state index is 14.2. The van der Waals surface area contributed by atoms with Gasteiger partial charge in [0.15, 0.2) is 11.6 Å². The summed E-state index contributed by atoms with van der Waals surface area (Å²) in [6, 6.07) is 10.5. The van der Waals surface area contributed by atoms with E-state index in [2.05, 4.69) is 20.2 Å². The number of benzene rings is 1. The number of pyridine rings is 1. The second-order valence-corrected chi connectivity index (χ2v) is 8.19. The Balaban J connectivity index is 1.46. The Kier molecular flexibility index (Phi) is 4.53. The highest BCUT2D eigenvalue weighted by molar-refractivity contribution is 5.96. The maximum Gasteiger partial charge on any atom is 0.256 e. The average Bonchev–Trinajstić information content (AvgIpc) is 3.46. The van der Waals surface area contributed by atoms with Gasteiger partial charge in [-0.25, -0.2) is 9.37 Å². The van der Waals surface area contributed by atoms with Gasteiger partial charge in [0.25, 0.3) is 11.8 Å². The summed E-state index contributed by atoms with van der Waals surface area (Å²) >= 11 is 0. The molecule has 4 heterocycles. The molecule has 2 amide bonds. The number of likely N-dealkylation sites (tertiary alicyclic amines) is 2. The number of nitrogens with one attached hydrogen (secondary N) is 1. The van der Waals surface area contributed by atoms with Crippen LogP contribution in [0.1, 0.15) is 32.4 Å². The first-order chi connectivity index (χ1) is 15.0. The van der Waals surface area contributed by atoms with Gasteiger partial charge in [-0.15, -0.1) is 0 Å². The fourth-order valence-corrected chi connectivity index (χ4v) is 4.74. The lowest BCUT2D eigenvalue weighted by atomic mass is 9.80. The number of hydrogen-bond donors (Lipinski definition) is 1. The number of H-pyrrole nitrogens is 1. The summed E-state index contributed by atoms with van der Waals surface area (Å²) in [6.07, 6.45) is 2.45. The molecule has 158 valence electrons.